The fourth-order valence-electron chi connectivity index (χ4n) is 2.61. The van der Waals surface area contributed by atoms with Crippen molar-refractivity contribution >= 4 is 23.2 Å². The Kier molecular flexibility index (Phi) is 5.63. The minimum atomic E-state index is -4.62. The average molecular weight is 399 g/mol. The van der Waals surface area contributed by atoms with Crippen LogP contribution in [-0.4, -0.2) is 16.8 Å². The summed E-state index contributed by atoms with van der Waals surface area (Å²) in [5.41, 5.74) is -0.139. The fraction of sp³-hybridized carbons (Fsp3) is 0.0952. The Morgan fingerprint density at radius 2 is 1.28 bits per heavy atom. The molecule has 29 heavy (non-hydrogen) atoms. The monoisotopic (exact) mass is 399 g/mol. The SMILES string of the molecule is Cc1ccccc1NC(=O)c1cccc(C(=O)Nc2ccccc2C(F)(F)F)n1. The van der Waals surface area contributed by atoms with Crippen LogP contribution in [0.15, 0.2) is 66.7 Å². The number of aromatic nitrogens is 1. The van der Waals surface area contributed by atoms with Gasteiger partial charge in [0, 0.05) is 5.69 Å². The van der Waals surface area contributed by atoms with Gasteiger partial charge in [-0.1, -0.05) is 36.4 Å². The second-order valence-electron chi connectivity index (χ2n) is 6.17. The summed E-state index contributed by atoms with van der Waals surface area (Å²) in [6.07, 6.45) is -4.62. The molecule has 1 heterocycles. The molecule has 0 unspecified atom stereocenters. The molecule has 0 bridgehead atoms. The number of hydrogen-bond acceptors (Lipinski definition) is 3. The van der Waals surface area contributed by atoms with E-state index < -0.39 is 23.6 Å². The number of aryl methyl sites for hydroxylation is 1. The molecule has 0 spiro atoms. The van der Waals surface area contributed by atoms with Crippen LogP contribution < -0.4 is 10.6 Å². The van der Waals surface area contributed by atoms with E-state index in [0.717, 1.165) is 17.7 Å². The van der Waals surface area contributed by atoms with Gasteiger partial charge < -0.3 is 10.6 Å². The van der Waals surface area contributed by atoms with Gasteiger partial charge in [-0.2, -0.15) is 13.2 Å². The maximum Gasteiger partial charge on any atom is 0.418 e. The molecule has 0 saturated heterocycles. The van der Waals surface area contributed by atoms with E-state index >= 15 is 0 Å². The van der Waals surface area contributed by atoms with Gasteiger partial charge in [0.25, 0.3) is 11.8 Å². The van der Waals surface area contributed by atoms with Crippen molar-refractivity contribution in [3.8, 4) is 0 Å². The van der Waals surface area contributed by atoms with E-state index in [4.69, 9.17) is 0 Å². The van der Waals surface area contributed by atoms with Gasteiger partial charge in [-0.05, 0) is 42.8 Å². The summed E-state index contributed by atoms with van der Waals surface area (Å²) in [5.74, 6) is -1.39. The first-order valence-electron chi connectivity index (χ1n) is 8.57. The molecular formula is C21H16F3N3O2. The summed E-state index contributed by atoms with van der Waals surface area (Å²) in [4.78, 5) is 28.8. The molecule has 2 aromatic carbocycles. The van der Waals surface area contributed by atoms with Crippen molar-refractivity contribution in [1.29, 1.82) is 0 Å². The van der Waals surface area contributed by atoms with Crippen LogP contribution in [0.25, 0.3) is 0 Å². The number of alkyl halides is 3. The summed E-state index contributed by atoms with van der Waals surface area (Å²) in [7, 11) is 0. The Hall–Kier alpha value is -3.68. The molecule has 0 aliphatic rings. The van der Waals surface area contributed by atoms with E-state index in [1.54, 1.807) is 12.1 Å². The summed E-state index contributed by atoms with van der Waals surface area (Å²) in [6.45, 7) is 1.82. The highest BCUT2D eigenvalue weighted by molar-refractivity contribution is 6.06. The van der Waals surface area contributed by atoms with Crippen molar-refractivity contribution in [3.63, 3.8) is 0 Å². The summed E-state index contributed by atoms with van der Waals surface area (Å²) in [5, 5.41) is 4.89. The van der Waals surface area contributed by atoms with E-state index in [0.29, 0.717) is 5.69 Å². The van der Waals surface area contributed by atoms with Crippen LogP contribution in [0.3, 0.4) is 0 Å². The van der Waals surface area contributed by atoms with Gasteiger partial charge in [0.2, 0.25) is 0 Å². The maximum atomic E-state index is 13.1. The molecule has 0 aliphatic carbocycles. The van der Waals surface area contributed by atoms with Crippen LogP contribution in [0.1, 0.15) is 32.1 Å². The molecule has 5 nitrogen and oxygen atoms in total. The highest BCUT2D eigenvalue weighted by atomic mass is 19.4. The molecule has 0 radical (unpaired) electrons. The van der Waals surface area contributed by atoms with Gasteiger partial charge in [-0.3, -0.25) is 9.59 Å². The van der Waals surface area contributed by atoms with Crippen molar-refractivity contribution in [2.24, 2.45) is 0 Å². The smallest absolute Gasteiger partial charge is 0.320 e. The fourth-order valence-corrected chi connectivity index (χ4v) is 2.61. The molecule has 0 aliphatic heterocycles. The molecule has 3 rings (SSSR count). The predicted molar refractivity (Wildman–Crippen MR) is 103 cm³/mol. The zero-order chi connectivity index (χ0) is 21.0. The molecule has 3 aromatic rings. The van der Waals surface area contributed by atoms with Crippen LogP contribution >= 0.6 is 0 Å². The van der Waals surface area contributed by atoms with Crippen molar-refractivity contribution < 1.29 is 22.8 Å². The maximum absolute atomic E-state index is 13.1. The van der Waals surface area contributed by atoms with E-state index in [-0.39, 0.29) is 17.1 Å². The van der Waals surface area contributed by atoms with E-state index in [1.165, 1.54) is 30.3 Å². The number of para-hydroxylation sites is 2. The molecule has 0 saturated carbocycles. The number of benzene rings is 2. The van der Waals surface area contributed by atoms with Gasteiger partial charge in [0.05, 0.1) is 11.3 Å². The zero-order valence-electron chi connectivity index (χ0n) is 15.2. The van der Waals surface area contributed by atoms with Gasteiger partial charge >= 0.3 is 6.18 Å². The van der Waals surface area contributed by atoms with Gasteiger partial charge in [-0.25, -0.2) is 4.98 Å². The number of amides is 2. The third kappa shape index (κ3) is 4.78. The number of rotatable bonds is 4. The highest BCUT2D eigenvalue weighted by Gasteiger charge is 2.33. The number of carbonyl (C=O) groups is 2. The second-order valence-corrected chi connectivity index (χ2v) is 6.17. The lowest BCUT2D eigenvalue weighted by Crippen LogP contribution is -2.20. The van der Waals surface area contributed by atoms with Crippen molar-refractivity contribution in [2.45, 2.75) is 13.1 Å². The number of nitrogens with zero attached hydrogens (tertiary/aromatic N) is 1. The first-order chi connectivity index (χ1) is 13.8. The number of carbonyl (C=O) groups excluding carboxylic acids is 2. The molecular weight excluding hydrogens is 383 g/mol. The first kappa shape index (κ1) is 20.1. The van der Waals surface area contributed by atoms with Crippen LogP contribution in [0.4, 0.5) is 24.5 Å². The Morgan fingerprint density at radius 1 is 0.759 bits per heavy atom. The number of pyridine rings is 1. The third-order valence-electron chi connectivity index (χ3n) is 4.09. The Labute approximate surface area is 164 Å². The number of anilines is 2. The minimum Gasteiger partial charge on any atom is -0.320 e. The van der Waals surface area contributed by atoms with Crippen molar-refractivity contribution in [1.82, 2.24) is 4.98 Å². The van der Waals surface area contributed by atoms with Crippen molar-refractivity contribution in [3.05, 3.63) is 89.2 Å². The quantitative estimate of drug-likeness (QED) is 0.655. The van der Waals surface area contributed by atoms with Crippen molar-refractivity contribution in [2.75, 3.05) is 10.6 Å². The normalized spacial score (nSPS) is 11.0. The number of hydrogen-bond donors (Lipinski definition) is 2. The van der Waals surface area contributed by atoms with Gasteiger partial charge in [0.1, 0.15) is 11.4 Å². The Morgan fingerprint density at radius 3 is 1.86 bits per heavy atom. The van der Waals surface area contributed by atoms with E-state index in [1.807, 2.05) is 19.1 Å². The molecule has 2 amide bonds. The molecule has 8 heteroatoms. The molecule has 148 valence electrons. The van der Waals surface area contributed by atoms with Gasteiger partial charge in [0.15, 0.2) is 0 Å². The lowest BCUT2D eigenvalue weighted by molar-refractivity contribution is -0.136. The lowest BCUT2D eigenvalue weighted by atomic mass is 10.1. The summed E-state index contributed by atoms with van der Waals surface area (Å²) >= 11 is 0. The molecule has 0 atom stereocenters. The lowest BCUT2D eigenvalue weighted by Gasteiger charge is -2.13. The first-order valence-corrected chi connectivity index (χ1v) is 8.57. The Balaban J connectivity index is 1.80. The topological polar surface area (TPSA) is 71.1 Å². The highest BCUT2D eigenvalue weighted by Crippen LogP contribution is 2.34. The average Bonchev–Trinajstić information content (AvgIpc) is 2.69. The van der Waals surface area contributed by atoms with Crippen LogP contribution in [0.5, 0.6) is 0 Å². The number of nitrogens with one attached hydrogen (secondary N) is 2. The van der Waals surface area contributed by atoms with Crippen LogP contribution in [-0.2, 0) is 6.18 Å². The summed E-state index contributed by atoms with van der Waals surface area (Å²) < 4.78 is 39.3. The van der Waals surface area contributed by atoms with Crippen LogP contribution in [0, 0.1) is 6.92 Å². The largest absolute Gasteiger partial charge is 0.418 e. The zero-order valence-corrected chi connectivity index (χ0v) is 15.2. The standard InChI is InChI=1S/C21H16F3N3O2/c1-13-7-2-4-9-15(13)26-19(28)17-11-6-12-18(25-17)20(29)27-16-10-5-3-8-14(16)21(22,23)24/h2-12H,1H3,(H,26,28)(H,27,29). The Bertz CT molecular complexity index is 1060. The van der Waals surface area contributed by atoms with Crippen LogP contribution in [0.2, 0.25) is 0 Å². The molecule has 1 aromatic heterocycles. The third-order valence-corrected chi connectivity index (χ3v) is 4.09. The predicted octanol–water partition coefficient (Wildman–Crippen LogP) is 4.91. The van der Waals surface area contributed by atoms with E-state index in [9.17, 15) is 22.8 Å². The molecule has 0 fully saturated rings. The second kappa shape index (κ2) is 8.14. The minimum absolute atomic E-state index is 0.0370. The number of halogens is 3. The summed E-state index contributed by atoms with van der Waals surface area (Å²) in [6, 6.07) is 15.9. The molecule has 2 N–H and O–H groups in total. The van der Waals surface area contributed by atoms with E-state index in [2.05, 4.69) is 15.6 Å². The van der Waals surface area contributed by atoms with Gasteiger partial charge in [-0.15, -0.1) is 0 Å².